The fourth-order valence-electron chi connectivity index (χ4n) is 1.15. The Morgan fingerprint density at radius 2 is 2.40 bits per heavy atom. The minimum absolute atomic E-state index is 0.192. The molecule has 0 aliphatic carbocycles. The van der Waals surface area contributed by atoms with Crippen molar-refractivity contribution in [3.63, 3.8) is 0 Å². The van der Waals surface area contributed by atoms with Gasteiger partial charge in [-0.05, 0) is 6.07 Å². The summed E-state index contributed by atoms with van der Waals surface area (Å²) in [7, 11) is 0. The predicted molar refractivity (Wildman–Crippen MR) is 52.5 cm³/mol. The van der Waals surface area contributed by atoms with Gasteiger partial charge in [0.1, 0.15) is 31.8 Å². The van der Waals surface area contributed by atoms with Crippen LogP contribution in [0.5, 0.6) is 5.75 Å². The molecule has 1 aromatic rings. The fraction of sp³-hybridized carbons (Fsp3) is 0.300. The van der Waals surface area contributed by atoms with Gasteiger partial charge in [-0.3, -0.25) is 4.79 Å². The first-order valence-corrected chi connectivity index (χ1v) is 4.59. The topological polar surface area (TPSA) is 60.6 Å². The molecule has 1 aliphatic heterocycles. The van der Waals surface area contributed by atoms with Gasteiger partial charge in [0.05, 0.1) is 0 Å². The van der Waals surface area contributed by atoms with Crippen molar-refractivity contribution in [1.29, 1.82) is 0 Å². The fourth-order valence-corrected chi connectivity index (χ4v) is 1.15. The number of hydrogen-bond donors (Lipinski definition) is 1. The third-order valence-electron chi connectivity index (χ3n) is 1.83. The lowest BCUT2D eigenvalue weighted by molar-refractivity contribution is 0.0673. The van der Waals surface area contributed by atoms with Crippen molar-refractivity contribution in [2.75, 3.05) is 19.8 Å². The van der Waals surface area contributed by atoms with Crippen LogP contribution in [0, 0.1) is 0 Å². The molecular formula is C10H11NO4. The Bertz CT molecular complexity index is 410. The van der Waals surface area contributed by atoms with Crippen LogP contribution in [0.25, 0.3) is 0 Å². The highest BCUT2D eigenvalue weighted by molar-refractivity contribution is 5.17. The predicted octanol–water partition coefficient (Wildman–Crippen LogP) is 0.642. The molecule has 1 aliphatic rings. The summed E-state index contributed by atoms with van der Waals surface area (Å²) in [6, 6.07) is 3.05. The molecule has 5 heteroatoms. The van der Waals surface area contributed by atoms with Crippen LogP contribution >= 0.6 is 0 Å². The third kappa shape index (κ3) is 2.77. The lowest BCUT2D eigenvalue weighted by atomic mass is 10.4. The van der Waals surface area contributed by atoms with Crippen LogP contribution in [0.3, 0.4) is 0 Å². The molecule has 0 saturated carbocycles. The second kappa shape index (κ2) is 4.54. The van der Waals surface area contributed by atoms with Crippen LogP contribution in [-0.2, 0) is 9.47 Å². The Kier molecular flexibility index (Phi) is 2.92. The molecule has 5 nitrogen and oxygen atoms in total. The summed E-state index contributed by atoms with van der Waals surface area (Å²) < 4.78 is 15.6. The van der Waals surface area contributed by atoms with Crippen molar-refractivity contribution >= 4 is 0 Å². The van der Waals surface area contributed by atoms with E-state index in [1.807, 2.05) is 0 Å². The number of ether oxygens (including phenoxy) is 3. The largest absolute Gasteiger partial charge is 0.494 e. The monoisotopic (exact) mass is 209 g/mol. The van der Waals surface area contributed by atoms with Crippen molar-refractivity contribution in [1.82, 2.24) is 4.98 Å². The molecule has 1 aromatic heterocycles. The van der Waals surface area contributed by atoms with Gasteiger partial charge in [-0.2, -0.15) is 0 Å². The van der Waals surface area contributed by atoms with Crippen LogP contribution in [0.2, 0.25) is 0 Å². The second-order valence-electron chi connectivity index (χ2n) is 2.98. The molecule has 2 rings (SSSR count). The zero-order valence-electron chi connectivity index (χ0n) is 8.06. The van der Waals surface area contributed by atoms with E-state index in [1.165, 1.54) is 18.5 Å². The summed E-state index contributed by atoms with van der Waals surface area (Å²) in [6.07, 6.45) is 3.06. The first-order chi connectivity index (χ1) is 7.34. The zero-order valence-corrected chi connectivity index (χ0v) is 8.06. The number of hydrogen-bond acceptors (Lipinski definition) is 4. The Morgan fingerprint density at radius 3 is 3.13 bits per heavy atom. The minimum Gasteiger partial charge on any atom is -0.494 e. The van der Waals surface area contributed by atoms with Crippen molar-refractivity contribution < 1.29 is 14.2 Å². The summed E-state index contributed by atoms with van der Waals surface area (Å²) in [5, 5.41) is 0. The lowest BCUT2D eigenvalue weighted by Crippen LogP contribution is -2.14. The summed E-state index contributed by atoms with van der Waals surface area (Å²) >= 11 is 0. The second-order valence-corrected chi connectivity index (χ2v) is 2.98. The first-order valence-electron chi connectivity index (χ1n) is 4.59. The molecule has 80 valence electrons. The molecule has 0 saturated heterocycles. The number of H-pyrrole nitrogens is 1. The zero-order chi connectivity index (χ0) is 10.5. The highest BCUT2D eigenvalue weighted by Gasteiger charge is 2.05. The molecule has 0 spiro atoms. The molecule has 0 amide bonds. The normalized spacial score (nSPS) is 14.8. The number of pyridine rings is 1. The van der Waals surface area contributed by atoms with Gasteiger partial charge in [0.15, 0.2) is 5.76 Å². The van der Waals surface area contributed by atoms with E-state index in [0.29, 0.717) is 24.7 Å². The highest BCUT2D eigenvalue weighted by Crippen LogP contribution is 2.09. The molecule has 0 unspecified atom stereocenters. The molecule has 0 fully saturated rings. The maximum absolute atomic E-state index is 10.9. The van der Waals surface area contributed by atoms with E-state index in [9.17, 15) is 4.79 Å². The van der Waals surface area contributed by atoms with E-state index in [2.05, 4.69) is 4.98 Å². The van der Waals surface area contributed by atoms with Gasteiger partial charge >= 0.3 is 0 Å². The van der Waals surface area contributed by atoms with E-state index < -0.39 is 0 Å². The van der Waals surface area contributed by atoms with E-state index in [4.69, 9.17) is 14.2 Å². The third-order valence-corrected chi connectivity index (χ3v) is 1.83. The minimum atomic E-state index is -0.192. The lowest BCUT2D eigenvalue weighted by Gasteiger charge is -2.15. The maximum atomic E-state index is 10.9. The van der Waals surface area contributed by atoms with Gasteiger partial charge < -0.3 is 19.2 Å². The van der Waals surface area contributed by atoms with Gasteiger partial charge in [0.25, 0.3) is 5.56 Å². The Balaban J connectivity index is 1.92. The van der Waals surface area contributed by atoms with Crippen molar-refractivity contribution in [3.8, 4) is 5.75 Å². The van der Waals surface area contributed by atoms with E-state index in [-0.39, 0.29) is 12.2 Å². The standard InChI is InChI=1S/C10H11NO4/c12-10-5-8(1-2-11-10)15-7-9-6-13-3-4-14-9/h1-2,5-6H,3-4,7H2,(H,11,12). The summed E-state index contributed by atoms with van der Waals surface area (Å²) in [5.41, 5.74) is -0.192. The maximum Gasteiger partial charge on any atom is 0.251 e. The first kappa shape index (κ1) is 9.64. The Morgan fingerprint density at radius 1 is 1.47 bits per heavy atom. The van der Waals surface area contributed by atoms with Gasteiger partial charge in [0, 0.05) is 12.3 Å². The quantitative estimate of drug-likeness (QED) is 0.793. The SMILES string of the molecule is O=c1cc(OCC2=COCCO2)cc[nH]1. The van der Waals surface area contributed by atoms with Crippen LogP contribution in [-0.4, -0.2) is 24.8 Å². The van der Waals surface area contributed by atoms with Crippen molar-refractivity contribution in [2.24, 2.45) is 0 Å². The highest BCUT2D eigenvalue weighted by atomic mass is 16.6. The Hall–Kier alpha value is -1.91. The van der Waals surface area contributed by atoms with Crippen LogP contribution in [0.15, 0.2) is 35.1 Å². The van der Waals surface area contributed by atoms with E-state index >= 15 is 0 Å². The molecule has 0 aromatic carbocycles. The smallest absolute Gasteiger partial charge is 0.251 e. The van der Waals surface area contributed by atoms with Gasteiger partial charge in [-0.1, -0.05) is 0 Å². The number of nitrogens with one attached hydrogen (secondary N) is 1. The summed E-state index contributed by atoms with van der Waals surface area (Å²) in [6.45, 7) is 1.36. The van der Waals surface area contributed by atoms with Crippen molar-refractivity contribution in [3.05, 3.63) is 40.7 Å². The van der Waals surface area contributed by atoms with Gasteiger partial charge in [0.2, 0.25) is 0 Å². The van der Waals surface area contributed by atoms with Crippen molar-refractivity contribution in [2.45, 2.75) is 0 Å². The van der Waals surface area contributed by atoms with Crippen LogP contribution < -0.4 is 10.3 Å². The Labute approximate surface area is 86.3 Å². The number of aromatic nitrogens is 1. The molecule has 0 bridgehead atoms. The molecule has 0 atom stereocenters. The average Bonchev–Trinajstić information content (AvgIpc) is 2.28. The van der Waals surface area contributed by atoms with E-state index in [1.54, 1.807) is 6.07 Å². The molecular weight excluding hydrogens is 198 g/mol. The van der Waals surface area contributed by atoms with E-state index in [0.717, 1.165) is 0 Å². The summed E-state index contributed by atoms with van der Waals surface area (Å²) in [5.74, 6) is 1.13. The summed E-state index contributed by atoms with van der Waals surface area (Å²) in [4.78, 5) is 13.4. The molecule has 0 radical (unpaired) electrons. The van der Waals surface area contributed by atoms with Gasteiger partial charge in [-0.25, -0.2) is 0 Å². The van der Waals surface area contributed by atoms with Crippen LogP contribution in [0.4, 0.5) is 0 Å². The molecule has 2 heterocycles. The van der Waals surface area contributed by atoms with Crippen LogP contribution in [0.1, 0.15) is 0 Å². The molecule has 1 N–H and O–H groups in total. The average molecular weight is 209 g/mol. The molecule has 15 heavy (non-hydrogen) atoms. The van der Waals surface area contributed by atoms with Gasteiger partial charge in [-0.15, -0.1) is 0 Å². The number of aromatic amines is 1. The number of rotatable bonds is 3.